The van der Waals surface area contributed by atoms with E-state index in [-0.39, 0.29) is 5.91 Å². The van der Waals surface area contributed by atoms with Crippen LogP contribution in [-0.2, 0) is 0 Å². The van der Waals surface area contributed by atoms with Crippen LogP contribution in [0.1, 0.15) is 30.1 Å². The van der Waals surface area contributed by atoms with Gasteiger partial charge >= 0.3 is 0 Å². The van der Waals surface area contributed by atoms with Crippen LogP contribution in [0.25, 0.3) is 0 Å². The number of thiol groups is 1. The number of unbranched alkanes of at least 4 members (excludes halogenated alkanes) is 1. The van der Waals surface area contributed by atoms with Crippen molar-refractivity contribution in [3.63, 3.8) is 0 Å². The molecule has 0 aliphatic carbocycles. The molecule has 0 spiro atoms. The van der Waals surface area contributed by atoms with Crippen molar-refractivity contribution in [2.45, 2.75) is 24.7 Å². The van der Waals surface area contributed by atoms with Gasteiger partial charge in [0.25, 0.3) is 5.91 Å². The third-order valence-corrected chi connectivity index (χ3v) is 3.25. The smallest absolute Gasteiger partial charge is 0.254 e. The maximum absolute atomic E-state index is 12.0. The highest BCUT2D eigenvalue weighted by Gasteiger charge is 2.13. The summed E-state index contributed by atoms with van der Waals surface area (Å²) >= 11 is 7.67. The van der Waals surface area contributed by atoms with Crippen LogP contribution in [0.4, 0.5) is 0 Å². The van der Waals surface area contributed by atoms with Crippen molar-refractivity contribution in [2.75, 3.05) is 13.6 Å². The minimum Gasteiger partial charge on any atom is -0.342 e. The molecule has 0 atom stereocenters. The molecule has 1 aromatic carbocycles. The fourth-order valence-electron chi connectivity index (χ4n) is 1.39. The Morgan fingerprint density at radius 3 is 2.75 bits per heavy atom. The van der Waals surface area contributed by atoms with Crippen molar-refractivity contribution >= 4 is 34.5 Å². The largest absolute Gasteiger partial charge is 0.342 e. The van der Waals surface area contributed by atoms with E-state index >= 15 is 0 Å². The van der Waals surface area contributed by atoms with Gasteiger partial charge in [0.05, 0.1) is 5.56 Å². The summed E-state index contributed by atoms with van der Waals surface area (Å²) in [5, 5.41) is 0. The normalized spacial score (nSPS) is 10.2. The van der Waals surface area contributed by atoms with Crippen LogP contribution in [0.2, 0.25) is 0 Å². The van der Waals surface area contributed by atoms with E-state index in [0.717, 1.165) is 23.9 Å². The number of carbonyl (C=O) groups excluding carboxylic acids is 1. The van der Waals surface area contributed by atoms with E-state index in [2.05, 4.69) is 35.5 Å². The predicted octanol–water partition coefficient (Wildman–Crippen LogP) is 3.61. The Balaban J connectivity index is 2.79. The third-order valence-electron chi connectivity index (χ3n) is 2.38. The molecule has 0 unspecified atom stereocenters. The molecule has 0 bridgehead atoms. The molecule has 0 saturated heterocycles. The van der Waals surface area contributed by atoms with Crippen LogP contribution in [0.5, 0.6) is 0 Å². The lowest BCUT2D eigenvalue weighted by molar-refractivity contribution is 0.0790. The predicted molar refractivity (Wildman–Crippen MR) is 73.3 cm³/mol. The Morgan fingerprint density at radius 1 is 1.50 bits per heavy atom. The first-order valence-corrected chi connectivity index (χ1v) is 6.54. The number of carbonyl (C=O) groups is 1. The SMILES string of the molecule is CCCCN(C)C(=O)c1ccc(Br)cc1S. The molecule has 1 rings (SSSR count). The zero-order valence-electron chi connectivity index (χ0n) is 9.53. The highest BCUT2D eigenvalue weighted by atomic mass is 79.9. The minimum absolute atomic E-state index is 0.0333. The highest BCUT2D eigenvalue weighted by molar-refractivity contribution is 9.10. The first kappa shape index (κ1) is 13.6. The first-order chi connectivity index (χ1) is 7.56. The van der Waals surface area contributed by atoms with Crippen LogP contribution in [-0.4, -0.2) is 24.4 Å². The topological polar surface area (TPSA) is 20.3 Å². The van der Waals surface area contributed by atoms with Gasteiger partial charge in [-0.2, -0.15) is 0 Å². The second-order valence-corrected chi connectivity index (χ2v) is 5.14. The maximum atomic E-state index is 12.0. The van der Waals surface area contributed by atoms with E-state index in [0.29, 0.717) is 10.5 Å². The summed E-state index contributed by atoms with van der Waals surface area (Å²) in [6.45, 7) is 2.90. The second kappa shape index (κ2) is 6.30. The first-order valence-electron chi connectivity index (χ1n) is 5.30. The van der Waals surface area contributed by atoms with Crippen molar-refractivity contribution in [3.8, 4) is 0 Å². The summed E-state index contributed by atoms with van der Waals surface area (Å²) in [5.41, 5.74) is 0.658. The van der Waals surface area contributed by atoms with E-state index in [9.17, 15) is 4.79 Å². The Kier molecular flexibility index (Phi) is 5.35. The maximum Gasteiger partial charge on any atom is 0.254 e. The molecule has 0 fully saturated rings. The second-order valence-electron chi connectivity index (χ2n) is 3.74. The van der Waals surface area contributed by atoms with Crippen molar-refractivity contribution < 1.29 is 4.79 Å². The molecule has 0 aliphatic rings. The average Bonchev–Trinajstić information content (AvgIpc) is 2.25. The fraction of sp³-hybridized carbons (Fsp3) is 0.417. The number of benzene rings is 1. The van der Waals surface area contributed by atoms with E-state index in [1.54, 1.807) is 11.0 Å². The van der Waals surface area contributed by atoms with Crippen LogP contribution in [0.3, 0.4) is 0 Å². The average molecular weight is 302 g/mol. The summed E-state index contributed by atoms with van der Waals surface area (Å²) < 4.78 is 0.935. The van der Waals surface area contributed by atoms with E-state index in [1.807, 2.05) is 19.2 Å². The molecule has 16 heavy (non-hydrogen) atoms. The van der Waals surface area contributed by atoms with Gasteiger partial charge in [-0.25, -0.2) is 0 Å². The fourth-order valence-corrected chi connectivity index (χ4v) is 2.24. The summed E-state index contributed by atoms with van der Waals surface area (Å²) in [4.78, 5) is 14.5. The number of nitrogens with zero attached hydrogens (tertiary/aromatic N) is 1. The van der Waals surface area contributed by atoms with Crippen LogP contribution in [0, 0.1) is 0 Å². The van der Waals surface area contributed by atoms with Crippen molar-refractivity contribution in [2.24, 2.45) is 0 Å². The number of amides is 1. The van der Waals surface area contributed by atoms with Gasteiger partial charge in [0.15, 0.2) is 0 Å². The number of hydrogen-bond acceptors (Lipinski definition) is 2. The van der Waals surface area contributed by atoms with Crippen molar-refractivity contribution in [1.29, 1.82) is 0 Å². The van der Waals surface area contributed by atoms with Crippen molar-refractivity contribution in [3.05, 3.63) is 28.2 Å². The van der Waals surface area contributed by atoms with Gasteiger partial charge in [-0.1, -0.05) is 29.3 Å². The van der Waals surface area contributed by atoms with E-state index in [1.165, 1.54) is 0 Å². The molecular weight excluding hydrogens is 286 g/mol. The monoisotopic (exact) mass is 301 g/mol. The summed E-state index contributed by atoms with van der Waals surface area (Å²) in [6, 6.07) is 5.50. The van der Waals surface area contributed by atoms with E-state index < -0.39 is 0 Å². The Hall–Kier alpha value is -0.480. The summed E-state index contributed by atoms with van der Waals surface area (Å²) in [7, 11) is 1.83. The summed E-state index contributed by atoms with van der Waals surface area (Å²) in [6.07, 6.45) is 2.12. The molecule has 88 valence electrons. The van der Waals surface area contributed by atoms with Crippen LogP contribution in [0.15, 0.2) is 27.6 Å². The van der Waals surface area contributed by atoms with E-state index in [4.69, 9.17) is 0 Å². The molecule has 0 radical (unpaired) electrons. The lowest BCUT2D eigenvalue weighted by Crippen LogP contribution is -2.27. The Bertz CT molecular complexity index is 381. The van der Waals surface area contributed by atoms with Crippen LogP contribution >= 0.6 is 28.6 Å². The summed E-state index contributed by atoms with van der Waals surface area (Å²) in [5.74, 6) is 0.0333. The molecule has 1 amide bonds. The number of hydrogen-bond donors (Lipinski definition) is 1. The van der Waals surface area contributed by atoms with Crippen molar-refractivity contribution in [1.82, 2.24) is 4.90 Å². The number of halogens is 1. The molecule has 0 aromatic heterocycles. The van der Waals surface area contributed by atoms with Gasteiger partial charge in [0.1, 0.15) is 0 Å². The molecule has 0 saturated carbocycles. The zero-order chi connectivity index (χ0) is 12.1. The lowest BCUT2D eigenvalue weighted by Gasteiger charge is -2.17. The highest BCUT2D eigenvalue weighted by Crippen LogP contribution is 2.21. The van der Waals surface area contributed by atoms with Gasteiger partial charge in [-0.15, -0.1) is 12.6 Å². The minimum atomic E-state index is 0.0333. The molecule has 0 N–H and O–H groups in total. The number of rotatable bonds is 4. The van der Waals surface area contributed by atoms with Gasteiger partial charge in [-0.05, 0) is 24.6 Å². The zero-order valence-corrected chi connectivity index (χ0v) is 12.0. The van der Waals surface area contributed by atoms with Crippen LogP contribution < -0.4 is 0 Å². The molecule has 0 aliphatic heterocycles. The standard InChI is InChI=1S/C12H16BrNOS/c1-3-4-7-14(2)12(15)10-6-5-9(13)8-11(10)16/h5-6,8,16H,3-4,7H2,1-2H3. The molecule has 4 heteroatoms. The molecule has 2 nitrogen and oxygen atoms in total. The Labute approximate surface area is 111 Å². The third kappa shape index (κ3) is 3.52. The Morgan fingerprint density at radius 2 is 2.19 bits per heavy atom. The van der Waals surface area contributed by atoms with Gasteiger partial charge in [0, 0.05) is 23.0 Å². The van der Waals surface area contributed by atoms with Gasteiger partial charge in [-0.3, -0.25) is 4.79 Å². The quantitative estimate of drug-likeness (QED) is 0.843. The van der Waals surface area contributed by atoms with Gasteiger partial charge < -0.3 is 4.90 Å². The van der Waals surface area contributed by atoms with Gasteiger partial charge in [0.2, 0.25) is 0 Å². The molecular formula is C12H16BrNOS. The molecule has 1 aromatic rings. The molecule has 0 heterocycles. The lowest BCUT2D eigenvalue weighted by atomic mass is 10.2.